The fourth-order valence-corrected chi connectivity index (χ4v) is 5.80. The van der Waals surface area contributed by atoms with E-state index in [1.807, 2.05) is 32.9 Å². The number of piperidine rings is 1. The van der Waals surface area contributed by atoms with E-state index in [1.54, 1.807) is 52.5 Å². The van der Waals surface area contributed by atoms with E-state index in [4.69, 9.17) is 10.00 Å². The molecular formula is C31H33N5O4. The van der Waals surface area contributed by atoms with Gasteiger partial charge in [-0.2, -0.15) is 5.26 Å². The summed E-state index contributed by atoms with van der Waals surface area (Å²) >= 11 is 0. The number of benzene rings is 1. The predicted octanol–water partition coefficient (Wildman–Crippen LogP) is 3.83. The molecular weight excluding hydrogens is 506 g/mol. The Morgan fingerprint density at radius 3 is 2.40 bits per heavy atom. The molecule has 9 heteroatoms. The molecule has 1 aliphatic carbocycles. The molecule has 2 aliphatic heterocycles. The van der Waals surface area contributed by atoms with Crippen LogP contribution in [0.3, 0.4) is 0 Å². The average molecular weight is 540 g/mol. The fraction of sp³-hybridized carbons (Fsp3) is 0.387. The number of ether oxygens (including phenoxy) is 1. The number of hydrogen-bond acceptors (Lipinski definition) is 7. The lowest BCUT2D eigenvalue weighted by Gasteiger charge is -2.28. The number of pyridine rings is 1. The summed E-state index contributed by atoms with van der Waals surface area (Å²) in [7, 11) is 0. The molecule has 1 aromatic heterocycles. The third-order valence-electron chi connectivity index (χ3n) is 7.67. The Morgan fingerprint density at radius 1 is 1.18 bits per heavy atom. The molecule has 0 radical (unpaired) electrons. The molecule has 206 valence electrons. The Balaban J connectivity index is 1.44. The van der Waals surface area contributed by atoms with Crippen LogP contribution < -0.4 is 5.32 Å². The van der Waals surface area contributed by atoms with Gasteiger partial charge >= 0.3 is 6.09 Å². The third-order valence-corrected chi connectivity index (χ3v) is 7.67. The summed E-state index contributed by atoms with van der Waals surface area (Å²) in [5.41, 5.74) is 0.217. The smallest absolute Gasteiger partial charge is 0.410 e. The number of amides is 2. The van der Waals surface area contributed by atoms with Gasteiger partial charge in [0, 0.05) is 61.4 Å². The number of likely N-dealkylation sites (tertiary alicyclic amines) is 1. The highest BCUT2D eigenvalue weighted by atomic mass is 16.6. The first kappa shape index (κ1) is 27.1. The number of fused-ring (bicyclic) bond motifs is 1. The first-order valence-corrected chi connectivity index (χ1v) is 13.4. The first-order chi connectivity index (χ1) is 19.0. The van der Waals surface area contributed by atoms with E-state index < -0.39 is 11.1 Å². The number of carbonyl (C=O) groups is 3. The lowest BCUT2D eigenvalue weighted by atomic mass is 9.87. The van der Waals surface area contributed by atoms with E-state index in [1.165, 1.54) is 6.08 Å². The van der Waals surface area contributed by atoms with Crippen molar-refractivity contribution in [1.82, 2.24) is 20.1 Å². The number of rotatable bonds is 7. The van der Waals surface area contributed by atoms with Crippen molar-refractivity contribution >= 4 is 17.8 Å². The fourth-order valence-electron chi connectivity index (χ4n) is 5.80. The number of allylic oxidation sites excluding steroid dienone is 1. The second-order valence-corrected chi connectivity index (χ2v) is 11.7. The average Bonchev–Trinajstić information content (AvgIpc) is 3.25. The van der Waals surface area contributed by atoms with E-state index >= 15 is 0 Å². The summed E-state index contributed by atoms with van der Waals surface area (Å²) in [6.45, 7) is 10.4. The quantitative estimate of drug-likeness (QED) is 0.323. The molecule has 1 saturated carbocycles. The highest BCUT2D eigenvalue weighted by Crippen LogP contribution is 2.52. The van der Waals surface area contributed by atoms with Crippen LogP contribution in [0.25, 0.3) is 0 Å². The van der Waals surface area contributed by atoms with Crippen LogP contribution in [0, 0.1) is 23.2 Å². The molecule has 2 amide bonds. The summed E-state index contributed by atoms with van der Waals surface area (Å²) in [5.74, 6) is 0.230. The maximum absolute atomic E-state index is 14.3. The molecule has 4 atom stereocenters. The van der Waals surface area contributed by atoms with Gasteiger partial charge in [-0.05, 0) is 69.2 Å². The molecule has 5 rings (SSSR count). The second kappa shape index (κ2) is 10.3. The lowest BCUT2D eigenvalue weighted by Crippen LogP contribution is -2.49. The van der Waals surface area contributed by atoms with Crippen LogP contribution in [0.1, 0.15) is 48.7 Å². The largest absolute Gasteiger partial charge is 0.444 e. The van der Waals surface area contributed by atoms with E-state index in [2.05, 4.69) is 22.9 Å². The maximum Gasteiger partial charge on any atom is 0.410 e. The van der Waals surface area contributed by atoms with Gasteiger partial charge in [0.25, 0.3) is 5.91 Å². The van der Waals surface area contributed by atoms with E-state index in [9.17, 15) is 14.4 Å². The maximum atomic E-state index is 14.3. The van der Waals surface area contributed by atoms with Crippen molar-refractivity contribution in [3.8, 4) is 6.07 Å². The number of nitrogens with zero attached hydrogens (tertiary/aromatic N) is 4. The molecule has 3 fully saturated rings. The molecule has 40 heavy (non-hydrogen) atoms. The highest BCUT2D eigenvalue weighted by Gasteiger charge is 2.65. The van der Waals surface area contributed by atoms with Crippen LogP contribution in [-0.2, 0) is 16.0 Å². The Kier molecular flexibility index (Phi) is 6.96. The normalized spacial score (nSPS) is 26.2. The minimum atomic E-state index is -1.01. The monoisotopic (exact) mass is 539 g/mol. The highest BCUT2D eigenvalue weighted by molar-refractivity contribution is 6.06. The molecule has 2 aromatic rings. The van der Waals surface area contributed by atoms with E-state index in [0.29, 0.717) is 42.9 Å². The van der Waals surface area contributed by atoms with Crippen LogP contribution in [0.4, 0.5) is 4.79 Å². The molecule has 1 N–H and O–H groups in total. The zero-order chi connectivity index (χ0) is 28.7. The standard InChI is InChI=1S/C31H33N5O4/c1-5-12-31(16-20-10-13-33-14-11-20)28(38)36(26(34-31)15-25(37)22-8-6-21(17-32)7-9-22)27-23-18-35(19-24(23)27)29(39)40-30(2,3)4/h5-11,13-15,23-24,27,34H,1,12,16,18-19H2,2-4H3/b26-15+/t23-,24+,27?,31?. The molecule has 9 nitrogen and oxygen atoms in total. The predicted molar refractivity (Wildman–Crippen MR) is 148 cm³/mol. The van der Waals surface area contributed by atoms with Crippen molar-refractivity contribution in [3.05, 3.63) is 90.0 Å². The van der Waals surface area contributed by atoms with Gasteiger partial charge in [-0.25, -0.2) is 4.79 Å². The second-order valence-electron chi connectivity index (χ2n) is 11.7. The van der Waals surface area contributed by atoms with Gasteiger partial charge in [-0.3, -0.25) is 19.5 Å². The van der Waals surface area contributed by atoms with Crippen molar-refractivity contribution < 1.29 is 19.1 Å². The third kappa shape index (κ3) is 5.22. The van der Waals surface area contributed by atoms with Crippen LogP contribution in [0.15, 0.2) is 73.3 Å². The van der Waals surface area contributed by atoms with Gasteiger partial charge in [0.15, 0.2) is 5.78 Å². The lowest BCUT2D eigenvalue weighted by molar-refractivity contribution is -0.132. The number of nitriles is 1. The number of aromatic nitrogens is 1. The number of ketones is 1. The van der Waals surface area contributed by atoms with Gasteiger partial charge in [0.05, 0.1) is 11.6 Å². The van der Waals surface area contributed by atoms with Crippen molar-refractivity contribution in [2.24, 2.45) is 11.8 Å². The molecule has 2 unspecified atom stereocenters. The topological polar surface area (TPSA) is 116 Å². The molecule has 0 bridgehead atoms. The summed E-state index contributed by atoms with van der Waals surface area (Å²) in [4.78, 5) is 47.7. The Morgan fingerprint density at radius 2 is 1.82 bits per heavy atom. The summed E-state index contributed by atoms with van der Waals surface area (Å²) < 4.78 is 5.54. The zero-order valence-corrected chi connectivity index (χ0v) is 23.0. The molecule has 2 saturated heterocycles. The summed E-state index contributed by atoms with van der Waals surface area (Å²) in [6.07, 6.45) is 6.97. The van der Waals surface area contributed by atoms with Gasteiger partial charge in [-0.15, -0.1) is 6.58 Å². The number of hydrogen-bond donors (Lipinski definition) is 1. The Labute approximate surface area is 234 Å². The SMILES string of the molecule is C=CCC1(Cc2ccncc2)N/C(=C\C(=O)c2ccc(C#N)cc2)N(C2[C@H]3CN(C(=O)OC(C)(C)C)C[C@@H]23)C1=O. The van der Waals surface area contributed by atoms with Crippen LogP contribution in [0.2, 0.25) is 0 Å². The van der Waals surface area contributed by atoms with Crippen molar-refractivity contribution in [2.75, 3.05) is 13.1 Å². The first-order valence-electron chi connectivity index (χ1n) is 13.4. The van der Waals surface area contributed by atoms with Gasteiger partial charge < -0.3 is 15.0 Å². The Bertz CT molecular complexity index is 1390. The van der Waals surface area contributed by atoms with Crippen LogP contribution in [0.5, 0.6) is 0 Å². The van der Waals surface area contributed by atoms with E-state index in [-0.39, 0.29) is 35.7 Å². The molecule has 3 heterocycles. The molecule has 3 aliphatic rings. The van der Waals surface area contributed by atoms with Gasteiger partial charge in [0.1, 0.15) is 17.0 Å². The van der Waals surface area contributed by atoms with Crippen LogP contribution >= 0.6 is 0 Å². The minimum Gasteiger partial charge on any atom is -0.444 e. The molecule has 1 aromatic carbocycles. The van der Waals surface area contributed by atoms with Crippen molar-refractivity contribution in [1.29, 1.82) is 5.26 Å². The summed E-state index contributed by atoms with van der Waals surface area (Å²) in [5, 5.41) is 12.5. The van der Waals surface area contributed by atoms with Gasteiger partial charge in [0.2, 0.25) is 0 Å². The van der Waals surface area contributed by atoms with Gasteiger partial charge in [-0.1, -0.05) is 6.08 Å². The molecule has 0 spiro atoms. The number of nitrogens with one attached hydrogen (secondary N) is 1. The number of carbonyl (C=O) groups excluding carboxylic acids is 3. The Hall–Kier alpha value is -4.45. The minimum absolute atomic E-state index is 0.0899. The van der Waals surface area contributed by atoms with Crippen LogP contribution in [-0.4, -0.2) is 62.8 Å². The van der Waals surface area contributed by atoms with Crippen molar-refractivity contribution in [2.45, 2.75) is 50.8 Å². The summed E-state index contributed by atoms with van der Waals surface area (Å²) in [6, 6.07) is 12.1. The van der Waals surface area contributed by atoms with Crippen molar-refractivity contribution in [3.63, 3.8) is 0 Å². The zero-order valence-electron chi connectivity index (χ0n) is 23.0. The van der Waals surface area contributed by atoms with E-state index in [0.717, 1.165) is 5.56 Å².